The predicted octanol–water partition coefficient (Wildman–Crippen LogP) is 3.95. The van der Waals surface area contributed by atoms with Crippen molar-refractivity contribution in [2.45, 2.75) is 32.4 Å². The van der Waals surface area contributed by atoms with E-state index in [2.05, 4.69) is 15.7 Å². The van der Waals surface area contributed by atoms with E-state index in [4.69, 9.17) is 4.74 Å². The van der Waals surface area contributed by atoms with Crippen LogP contribution in [0.2, 0.25) is 0 Å². The molecule has 2 heterocycles. The maximum absolute atomic E-state index is 12.6. The molecule has 1 fully saturated rings. The Bertz CT molecular complexity index is 962. The van der Waals surface area contributed by atoms with E-state index in [-0.39, 0.29) is 5.91 Å². The lowest BCUT2D eigenvalue weighted by Gasteiger charge is -2.22. The summed E-state index contributed by atoms with van der Waals surface area (Å²) in [6.45, 7) is 4.42. The van der Waals surface area contributed by atoms with Gasteiger partial charge >= 0.3 is 0 Å². The summed E-state index contributed by atoms with van der Waals surface area (Å²) in [6, 6.07) is 17.8. The van der Waals surface area contributed by atoms with Crippen LogP contribution in [0.25, 0.3) is 0 Å². The number of hydrogen-bond acceptors (Lipinski definition) is 4. The summed E-state index contributed by atoms with van der Waals surface area (Å²) < 4.78 is 7.75. The Hall–Kier alpha value is -3.12. The second-order valence-corrected chi connectivity index (χ2v) is 7.39. The lowest BCUT2D eigenvalue weighted by atomic mass is 10.1. The average Bonchev–Trinajstić information content (AvgIpc) is 3.26. The Balaban J connectivity index is 1.37. The fourth-order valence-electron chi connectivity index (χ4n) is 3.52. The van der Waals surface area contributed by atoms with Gasteiger partial charge in [0.15, 0.2) is 5.69 Å². The summed E-state index contributed by atoms with van der Waals surface area (Å²) in [6.07, 6.45) is 4.10. The van der Waals surface area contributed by atoms with Crippen LogP contribution in [0, 0.1) is 6.92 Å². The lowest BCUT2D eigenvalue weighted by Crippen LogP contribution is -2.32. The summed E-state index contributed by atoms with van der Waals surface area (Å²) >= 11 is 0. The highest BCUT2D eigenvalue weighted by Gasteiger charge is 2.18. The number of anilines is 1. The van der Waals surface area contributed by atoms with Gasteiger partial charge in [-0.2, -0.15) is 5.10 Å². The van der Waals surface area contributed by atoms with Gasteiger partial charge in [-0.25, -0.2) is 0 Å². The monoisotopic (exact) mass is 390 g/mol. The third-order valence-corrected chi connectivity index (χ3v) is 5.18. The van der Waals surface area contributed by atoms with Gasteiger partial charge in [-0.15, -0.1) is 0 Å². The van der Waals surface area contributed by atoms with Crippen LogP contribution in [0.3, 0.4) is 0 Å². The number of carbonyl (C=O) groups is 1. The average molecular weight is 390 g/mol. The number of rotatable bonds is 6. The largest absolute Gasteiger partial charge is 0.489 e. The lowest BCUT2D eigenvalue weighted by molar-refractivity contribution is 0.102. The smallest absolute Gasteiger partial charge is 0.276 e. The van der Waals surface area contributed by atoms with E-state index in [0.717, 1.165) is 48.5 Å². The highest BCUT2D eigenvalue weighted by atomic mass is 16.5. The van der Waals surface area contributed by atoms with Crippen LogP contribution in [0.5, 0.6) is 5.75 Å². The summed E-state index contributed by atoms with van der Waals surface area (Å²) in [4.78, 5) is 12.6. The highest BCUT2D eigenvalue weighted by Crippen LogP contribution is 2.23. The third kappa shape index (κ3) is 4.84. The minimum absolute atomic E-state index is 0.200. The van der Waals surface area contributed by atoms with Gasteiger partial charge in [0.2, 0.25) is 0 Å². The summed E-state index contributed by atoms with van der Waals surface area (Å²) in [7, 11) is 0. The standard InChI is InChI=1S/C23H26N4O2/c1-17-14-20(29-16-18-6-3-2-4-7-18)9-10-21(17)25-23(28)22-11-13-27(26-22)19-8-5-12-24-15-19/h2-4,6-7,9-11,13-14,19,24H,5,8,12,15-16H2,1H3,(H,25,28). The van der Waals surface area contributed by atoms with Gasteiger partial charge in [-0.1, -0.05) is 30.3 Å². The highest BCUT2D eigenvalue weighted by molar-refractivity contribution is 6.03. The quantitative estimate of drug-likeness (QED) is 0.669. The van der Waals surface area contributed by atoms with E-state index >= 15 is 0 Å². The first-order valence-corrected chi connectivity index (χ1v) is 10.0. The number of nitrogens with zero attached hydrogens (tertiary/aromatic N) is 2. The molecule has 1 unspecified atom stereocenters. The zero-order valence-electron chi connectivity index (χ0n) is 16.6. The van der Waals surface area contributed by atoms with Crippen molar-refractivity contribution in [2.75, 3.05) is 18.4 Å². The molecule has 4 rings (SSSR count). The topological polar surface area (TPSA) is 68.2 Å². The van der Waals surface area contributed by atoms with E-state index in [9.17, 15) is 4.79 Å². The van der Waals surface area contributed by atoms with Gasteiger partial charge in [0.25, 0.3) is 5.91 Å². The molecule has 1 amide bonds. The van der Waals surface area contributed by atoms with Crippen LogP contribution in [-0.4, -0.2) is 28.8 Å². The fourth-order valence-corrected chi connectivity index (χ4v) is 3.52. The molecule has 2 aromatic carbocycles. The predicted molar refractivity (Wildman–Crippen MR) is 113 cm³/mol. The normalized spacial score (nSPS) is 16.4. The Morgan fingerprint density at radius 2 is 2.10 bits per heavy atom. The molecule has 29 heavy (non-hydrogen) atoms. The SMILES string of the molecule is Cc1cc(OCc2ccccc2)ccc1NC(=O)c1ccn(C2CCCNC2)n1. The van der Waals surface area contributed by atoms with E-state index in [1.807, 2.05) is 66.3 Å². The second kappa shape index (κ2) is 8.92. The first-order valence-electron chi connectivity index (χ1n) is 10.0. The van der Waals surface area contributed by atoms with Crippen molar-refractivity contribution < 1.29 is 9.53 Å². The van der Waals surface area contributed by atoms with E-state index in [1.54, 1.807) is 6.07 Å². The Kier molecular flexibility index (Phi) is 5.91. The number of carbonyl (C=O) groups excluding carboxylic acids is 1. The Labute approximate surface area is 170 Å². The van der Waals surface area contributed by atoms with Crippen LogP contribution >= 0.6 is 0 Å². The fraction of sp³-hybridized carbons (Fsp3) is 0.304. The summed E-state index contributed by atoms with van der Waals surface area (Å²) in [5.41, 5.74) is 3.25. The van der Waals surface area contributed by atoms with Crippen molar-refractivity contribution in [1.82, 2.24) is 15.1 Å². The van der Waals surface area contributed by atoms with Crippen LogP contribution in [0.4, 0.5) is 5.69 Å². The van der Waals surface area contributed by atoms with Crippen molar-refractivity contribution in [1.29, 1.82) is 0 Å². The molecule has 0 bridgehead atoms. The molecule has 6 nitrogen and oxygen atoms in total. The van der Waals surface area contributed by atoms with Crippen molar-refractivity contribution in [3.05, 3.63) is 77.6 Å². The summed E-state index contributed by atoms with van der Waals surface area (Å²) in [5, 5.41) is 10.8. The number of ether oxygens (including phenoxy) is 1. The number of aryl methyl sites for hydroxylation is 1. The van der Waals surface area contributed by atoms with Gasteiger partial charge in [0, 0.05) is 18.4 Å². The van der Waals surface area contributed by atoms with Crippen LogP contribution in [0.1, 0.15) is 40.5 Å². The zero-order chi connectivity index (χ0) is 20.1. The molecule has 6 heteroatoms. The van der Waals surface area contributed by atoms with Gasteiger partial charge in [-0.05, 0) is 61.7 Å². The molecular formula is C23H26N4O2. The van der Waals surface area contributed by atoms with E-state index < -0.39 is 0 Å². The molecular weight excluding hydrogens is 364 g/mol. The summed E-state index contributed by atoms with van der Waals surface area (Å²) in [5.74, 6) is 0.576. The van der Waals surface area contributed by atoms with Crippen molar-refractivity contribution in [3.63, 3.8) is 0 Å². The minimum Gasteiger partial charge on any atom is -0.489 e. The molecule has 1 aliphatic rings. The number of nitrogens with one attached hydrogen (secondary N) is 2. The maximum atomic E-state index is 12.6. The number of benzene rings is 2. The van der Waals surface area contributed by atoms with Crippen LogP contribution in [-0.2, 0) is 6.61 Å². The first kappa shape index (κ1) is 19.2. The van der Waals surface area contributed by atoms with E-state index in [0.29, 0.717) is 18.3 Å². The van der Waals surface area contributed by atoms with Gasteiger partial charge < -0.3 is 15.4 Å². The molecule has 1 aromatic heterocycles. The van der Waals surface area contributed by atoms with Crippen LogP contribution in [0.15, 0.2) is 60.8 Å². The molecule has 2 N–H and O–H groups in total. The molecule has 1 atom stereocenters. The molecule has 0 saturated carbocycles. The van der Waals surface area contributed by atoms with E-state index in [1.165, 1.54) is 0 Å². The maximum Gasteiger partial charge on any atom is 0.276 e. The van der Waals surface area contributed by atoms with Crippen molar-refractivity contribution in [3.8, 4) is 5.75 Å². The molecule has 0 radical (unpaired) electrons. The number of amides is 1. The molecule has 0 aliphatic carbocycles. The number of piperidine rings is 1. The molecule has 150 valence electrons. The van der Waals surface area contributed by atoms with Gasteiger partial charge in [-0.3, -0.25) is 9.48 Å². The Morgan fingerprint density at radius 3 is 2.86 bits per heavy atom. The van der Waals surface area contributed by atoms with Crippen molar-refractivity contribution in [2.24, 2.45) is 0 Å². The minimum atomic E-state index is -0.200. The number of aromatic nitrogens is 2. The number of hydrogen-bond donors (Lipinski definition) is 2. The van der Waals surface area contributed by atoms with Gasteiger partial charge in [0.1, 0.15) is 12.4 Å². The molecule has 3 aromatic rings. The van der Waals surface area contributed by atoms with Crippen LogP contribution < -0.4 is 15.4 Å². The first-order chi connectivity index (χ1) is 14.2. The second-order valence-electron chi connectivity index (χ2n) is 7.39. The Morgan fingerprint density at radius 1 is 1.24 bits per heavy atom. The zero-order valence-corrected chi connectivity index (χ0v) is 16.6. The van der Waals surface area contributed by atoms with Crippen molar-refractivity contribution >= 4 is 11.6 Å². The molecule has 1 aliphatic heterocycles. The molecule has 1 saturated heterocycles. The van der Waals surface area contributed by atoms with Gasteiger partial charge in [0.05, 0.1) is 6.04 Å². The third-order valence-electron chi connectivity index (χ3n) is 5.18. The molecule has 0 spiro atoms.